The Morgan fingerprint density at radius 3 is 2.67 bits per heavy atom. The Balaban J connectivity index is 1.93. The Bertz CT molecular complexity index is 703. The predicted molar refractivity (Wildman–Crippen MR) is 96.4 cm³/mol. The molecule has 0 N–H and O–H groups in total. The van der Waals surface area contributed by atoms with Crippen molar-refractivity contribution in [1.82, 2.24) is 9.88 Å². The third kappa shape index (κ3) is 3.00. The molecule has 0 bridgehead atoms. The van der Waals surface area contributed by atoms with Crippen LogP contribution in [0.1, 0.15) is 12.8 Å². The van der Waals surface area contributed by atoms with E-state index in [-0.39, 0.29) is 11.8 Å². The van der Waals surface area contributed by atoms with E-state index < -0.39 is 0 Å². The van der Waals surface area contributed by atoms with E-state index in [0.717, 1.165) is 46.2 Å². The number of aromatic nitrogens is 1. The summed E-state index contributed by atoms with van der Waals surface area (Å²) in [6.07, 6.45) is 1.93. The van der Waals surface area contributed by atoms with Crippen LogP contribution >= 0.6 is 11.3 Å². The van der Waals surface area contributed by atoms with Crippen molar-refractivity contribution in [2.45, 2.75) is 12.8 Å². The molecule has 130 valence electrons. The molecule has 2 heterocycles. The minimum absolute atomic E-state index is 0.0320. The Hall–Kier alpha value is -2.02. The van der Waals surface area contributed by atoms with Crippen molar-refractivity contribution in [2.24, 2.45) is 5.92 Å². The third-order valence-electron chi connectivity index (χ3n) is 4.38. The minimum atomic E-state index is 0.0320. The highest BCUT2D eigenvalue weighted by Gasteiger charge is 2.29. The van der Waals surface area contributed by atoms with Gasteiger partial charge in [-0.1, -0.05) is 11.3 Å². The van der Waals surface area contributed by atoms with E-state index in [2.05, 4.69) is 4.90 Å². The normalized spacial score (nSPS) is 17.8. The smallest absolute Gasteiger partial charge is 0.226 e. The molecule has 1 aromatic carbocycles. The van der Waals surface area contributed by atoms with Crippen LogP contribution in [0.3, 0.4) is 0 Å². The fourth-order valence-corrected chi connectivity index (χ4v) is 4.24. The van der Waals surface area contributed by atoms with E-state index in [1.165, 1.54) is 0 Å². The highest BCUT2D eigenvalue weighted by Crippen LogP contribution is 2.40. The molecule has 0 saturated carbocycles. The number of ether oxygens (including phenoxy) is 2. The van der Waals surface area contributed by atoms with Gasteiger partial charge in [0.1, 0.15) is 21.7 Å². The van der Waals surface area contributed by atoms with E-state index in [9.17, 15) is 4.79 Å². The topological polar surface area (TPSA) is 54.9 Å². The van der Waals surface area contributed by atoms with Crippen LogP contribution in [0, 0.1) is 5.92 Å². The van der Waals surface area contributed by atoms with Gasteiger partial charge in [-0.2, -0.15) is 0 Å². The fourth-order valence-electron chi connectivity index (χ4n) is 3.13. The summed E-state index contributed by atoms with van der Waals surface area (Å²) in [6, 6.07) is 3.77. The number of methoxy groups -OCH3 is 2. The molecule has 1 aliphatic rings. The van der Waals surface area contributed by atoms with E-state index in [0.29, 0.717) is 6.54 Å². The largest absolute Gasteiger partial charge is 0.495 e. The molecule has 0 radical (unpaired) electrons. The van der Waals surface area contributed by atoms with Gasteiger partial charge in [0, 0.05) is 27.2 Å². The number of carbonyl (C=O) groups is 1. The Kier molecular flexibility index (Phi) is 4.80. The van der Waals surface area contributed by atoms with Crippen molar-refractivity contribution < 1.29 is 14.3 Å². The molecule has 1 unspecified atom stereocenters. The quantitative estimate of drug-likeness (QED) is 0.849. The van der Waals surface area contributed by atoms with Crippen molar-refractivity contribution in [1.29, 1.82) is 0 Å². The molecule has 3 rings (SSSR count). The van der Waals surface area contributed by atoms with Crippen LogP contribution in [0.15, 0.2) is 12.1 Å². The Morgan fingerprint density at radius 1 is 1.29 bits per heavy atom. The van der Waals surface area contributed by atoms with Crippen molar-refractivity contribution in [2.75, 3.05) is 46.3 Å². The third-order valence-corrected chi connectivity index (χ3v) is 5.51. The summed E-state index contributed by atoms with van der Waals surface area (Å²) in [7, 11) is 6.93. The Labute approximate surface area is 146 Å². The number of hydrogen-bond donors (Lipinski definition) is 0. The average molecular weight is 349 g/mol. The monoisotopic (exact) mass is 349 g/mol. The van der Waals surface area contributed by atoms with Gasteiger partial charge in [-0.3, -0.25) is 4.79 Å². The predicted octanol–water partition coefficient (Wildman–Crippen LogP) is 2.62. The second-order valence-corrected chi connectivity index (χ2v) is 7.14. The highest BCUT2D eigenvalue weighted by atomic mass is 32.1. The van der Waals surface area contributed by atoms with Crippen LogP contribution in [0.5, 0.6) is 11.5 Å². The fraction of sp³-hybridized carbons (Fsp3) is 0.529. The first-order valence-electron chi connectivity index (χ1n) is 8.02. The van der Waals surface area contributed by atoms with Crippen LogP contribution in [0.25, 0.3) is 10.2 Å². The number of piperidine rings is 1. The molecule has 1 amide bonds. The van der Waals surface area contributed by atoms with E-state index in [4.69, 9.17) is 14.5 Å². The zero-order valence-electron chi connectivity index (χ0n) is 14.5. The first kappa shape index (κ1) is 16.8. The van der Waals surface area contributed by atoms with Crippen molar-refractivity contribution >= 4 is 32.6 Å². The summed E-state index contributed by atoms with van der Waals surface area (Å²) in [5, 5.41) is 0.920. The lowest BCUT2D eigenvalue weighted by Gasteiger charge is -2.32. The van der Waals surface area contributed by atoms with Gasteiger partial charge in [0.05, 0.1) is 20.1 Å². The molecular formula is C17H23N3O3S. The summed E-state index contributed by atoms with van der Waals surface area (Å²) in [5.41, 5.74) is 0.818. The maximum atomic E-state index is 12.3. The number of fused-ring (bicyclic) bond motifs is 1. The van der Waals surface area contributed by atoms with Gasteiger partial charge in [-0.25, -0.2) is 4.98 Å². The molecule has 24 heavy (non-hydrogen) atoms. The average Bonchev–Trinajstić information content (AvgIpc) is 3.05. The van der Waals surface area contributed by atoms with Crippen LogP contribution in [-0.2, 0) is 4.79 Å². The maximum absolute atomic E-state index is 12.3. The maximum Gasteiger partial charge on any atom is 0.226 e. The van der Waals surface area contributed by atoms with Crippen molar-refractivity contribution in [3.63, 3.8) is 0 Å². The summed E-state index contributed by atoms with van der Waals surface area (Å²) in [6.45, 7) is 1.63. The molecule has 6 nitrogen and oxygen atoms in total. The molecule has 0 aliphatic carbocycles. The molecule has 1 aliphatic heterocycles. The second kappa shape index (κ2) is 6.84. The van der Waals surface area contributed by atoms with Crippen LogP contribution in [0.4, 0.5) is 5.13 Å². The molecule has 1 atom stereocenters. The van der Waals surface area contributed by atoms with Gasteiger partial charge in [-0.15, -0.1) is 0 Å². The summed E-state index contributed by atoms with van der Waals surface area (Å²) in [4.78, 5) is 20.9. The van der Waals surface area contributed by atoms with Crippen LogP contribution in [-0.4, -0.2) is 57.2 Å². The van der Waals surface area contributed by atoms with Gasteiger partial charge in [0.25, 0.3) is 0 Å². The minimum Gasteiger partial charge on any atom is -0.495 e. The van der Waals surface area contributed by atoms with Crippen LogP contribution in [0.2, 0.25) is 0 Å². The van der Waals surface area contributed by atoms with Crippen LogP contribution < -0.4 is 14.4 Å². The molecule has 1 fully saturated rings. The molecule has 0 spiro atoms. The standard InChI is InChI=1S/C17H23N3O3S/c1-19(2)16(21)11-6-5-9-20(10-11)17-18-14-12(22-3)7-8-13(23-4)15(14)24-17/h7-8,11H,5-6,9-10H2,1-4H3. The number of nitrogens with zero attached hydrogens (tertiary/aromatic N) is 3. The second-order valence-electron chi connectivity index (χ2n) is 6.16. The van der Waals surface area contributed by atoms with Gasteiger partial charge in [-0.05, 0) is 25.0 Å². The number of anilines is 1. The molecular weight excluding hydrogens is 326 g/mol. The summed E-state index contributed by atoms with van der Waals surface area (Å²) >= 11 is 1.59. The van der Waals surface area contributed by atoms with Gasteiger partial charge in [0.15, 0.2) is 5.13 Å². The Morgan fingerprint density at radius 2 is 2.00 bits per heavy atom. The number of hydrogen-bond acceptors (Lipinski definition) is 6. The lowest BCUT2D eigenvalue weighted by Crippen LogP contribution is -2.42. The summed E-state index contributed by atoms with van der Waals surface area (Å²) < 4.78 is 11.9. The lowest BCUT2D eigenvalue weighted by molar-refractivity contribution is -0.133. The molecule has 1 saturated heterocycles. The first-order valence-corrected chi connectivity index (χ1v) is 8.84. The van der Waals surface area contributed by atoms with Gasteiger partial charge >= 0.3 is 0 Å². The highest BCUT2D eigenvalue weighted by molar-refractivity contribution is 7.22. The first-order chi connectivity index (χ1) is 11.5. The van der Waals surface area contributed by atoms with E-state index >= 15 is 0 Å². The van der Waals surface area contributed by atoms with Gasteiger partial charge < -0.3 is 19.3 Å². The molecule has 2 aromatic rings. The van der Waals surface area contributed by atoms with Crippen molar-refractivity contribution in [3.8, 4) is 11.5 Å². The number of carbonyl (C=O) groups excluding carboxylic acids is 1. The SMILES string of the molecule is COc1ccc(OC)c2sc(N3CCCC(C(=O)N(C)C)C3)nc12. The number of rotatable bonds is 4. The molecule has 1 aromatic heterocycles. The number of thiazole rings is 1. The zero-order chi connectivity index (χ0) is 17.3. The number of benzene rings is 1. The van der Waals surface area contributed by atoms with E-state index in [1.807, 2.05) is 26.2 Å². The lowest BCUT2D eigenvalue weighted by atomic mass is 9.97. The zero-order valence-corrected chi connectivity index (χ0v) is 15.4. The van der Waals surface area contributed by atoms with E-state index in [1.54, 1.807) is 30.5 Å². The summed E-state index contributed by atoms with van der Waals surface area (Å²) in [5.74, 6) is 1.76. The molecule has 7 heteroatoms. The van der Waals surface area contributed by atoms with Gasteiger partial charge in [0.2, 0.25) is 5.91 Å². The number of amides is 1. The van der Waals surface area contributed by atoms with Crippen molar-refractivity contribution in [3.05, 3.63) is 12.1 Å².